The summed E-state index contributed by atoms with van der Waals surface area (Å²) in [6.07, 6.45) is 1.89. The van der Waals surface area contributed by atoms with E-state index >= 15 is 0 Å². The lowest BCUT2D eigenvalue weighted by molar-refractivity contribution is -0.147. The van der Waals surface area contributed by atoms with E-state index in [1.165, 1.54) is 10.9 Å². The number of nitrogens with one attached hydrogen (secondary N) is 1. The number of nitrogens with zero attached hydrogens (tertiary/aromatic N) is 3. The molecule has 0 fully saturated rings. The lowest BCUT2D eigenvalue weighted by Gasteiger charge is -2.10. The van der Waals surface area contributed by atoms with E-state index in [4.69, 9.17) is 21.1 Å². The molecule has 164 valence electrons. The third-order valence-corrected chi connectivity index (χ3v) is 4.86. The number of benzene rings is 2. The Balaban J connectivity index is 1.45. The maximum atomic E-state index is 12.3. The van der Waals surface area contributed by atoms with E-state index in [0.29, 0.717) is 29.5 Å². The number of carbonyl (C=O) groups is 2. The number of nitriles is 1. The fourth-order valence-corrected chi connectivity index (χ4v) is 2.93. The molecule has 1 N–H and O–H groups in total. The molecule has 0 atom stereocenters. The molecule has 1 aromatic heterocycles. The van der Waals surface area contributed by atoms with Crippen molar-refractivity contribution in [3.05, 3.63) is 70.9 Å². The molecule has 1 amide bonds. The molecule has 0 aliphatic carbocycles. The van der Waals surface area contributed by atoms with Crippen molar-refractivity contribution in [3.8, 4) is 17.5 Å². The zero-order chi connectivity index (χ0) is 22.9. The van der Waals surface area contributed by atoms with Gasteiger partial charge in [0.1, 0.15) is 17.4 Å². The Kier molecular flexibility index (Phi) is 7.84. The smallest absolute Gasteiger partial charge is 0.306 e. The zero-order valence-electron chi connectivity index (χ0n) is 17.4. The number of rotatable bonds is 9. The second-order valence-corrected chi connectivity index (χ2v) is 7.25. The van der Waals surface area contributed by atoms with Gasteiger partial charge in [0.15, 0.2) is 12.4 Å². The molecular formula is C23H21ClN4O4. The molecule has 8 nitrogen and oxygen atoms in total. The number of carbonyl (C=O) groups excluding carboxylic acids is 2. The van der Waals surface area contributed by atoms with E-state index in [2.05, 4.69) is 10.4 Å². The van der Waals surface area contributed by atoms with Crippen LogP contribution in [0.5, 0.6) is 5.75 Å². The highest BCUT2D eigenvalue weighted by Gasteiger charge is 2.16. The number of para-hydroxylation sites is 1. The van der Waals surface area contributed by atoms with Crippen molar-refractivity contribution in [2.24, 2.45) is 0 Å². The number of hydrogen-bond acceptors (Lipinski definition) is 6. The maximum absolute atomic E-state index is 12.3. The van der Waals surface area contributed by atoms with Gasteiger partial charge in [-0.2, -0.15) is 10.4 Å². The van der Waals surface area contributed by atoms with E-state index in [1.54, 1.807) is 24.3 Å². The normalized spacial score (nSPS) is 10.3. The van der Waals surface area contributed by atoms with Crippen LogP contribution < -0.4 is 10.1 Å². The Hall–Kier alpha value is -3.83. The third-order valence-electron chi connectivity index (χ3n) is 4.44. The van der Waals surface area contributed by atoms with Crippen LogP contribution in [-0.4, -0.2) is 34.9 Å². The van der Waals surface area contributed by atoms with Crippen LogP contribution in [0, 0.1) is 18.3 Å². The summed E-state index contributed by atoms with van der Waals surface area (Å²) in [4.78, 5) is 24.2. The Morgan fingerprint density at radius 1 is 1.22 bits per heavy atom. The lowest BCUT2D eigenvalue weighted by atomic mass is 10.2. The largest absolute Gasteiger partial charge is 0.494 e. The van der Waals surface area contributed by atoms with Gasteiger partial charge in [-0.3, -0.25) is 9.59 Å². The number of aromatic nitrogens is 2. The Bertz CT molecular complexity index is 1140. The van der Waals surface area contributed by atoms with Gasteiger partial charge in [0.05, 0.1) is 18.5 Å². The molecule has 0 radical (unpaired) electrons. The van der Waals surface area contributed by atoms with Crippen molar-refractivity contribution in [1.29, 1.82) is 5.26 Å². The van der Waals surface area contributed by atoms with Crippen LogP contribution in [0.15, 0.2) is 54.7 Å². The Labute approximate surface area is 190 Å². The topological polar surface area (TPSA) is 106 Å². The van der Waals surface area contributed by atoms with Crippen LogP contribution in [0.3, 0.4) is 0 Å². The monoisotopic (exact) mass is 452 g/mol. The molecule has 0 saturated heterocycles. The number of halogens is 1. The van der Waals surface area contributed by atoms with Gasteiger partial charge in [-0.25, -0.2) is 4.68 Å². The molecule has 2 aromatic carbocycles. The first-order chi connectivity index (χ1) is 15.5. The van der Waals surface area contributed by atoms with Gasteiger partial charge in [0, 0.05) is 11.4 Å². The van der Waals surface area contributed by atoms with E-state index in [-0.39, 0.29) is 17.8 Å². The number of aryl methyl sites for hydroxylation is 1. The van der Waals surface area contributed by atoms with Crippen molar-refractivity contribution in [1.82, 2.24) is 9.78 Å². The number of anilines is 1. The van der Waals surface area contributed by atoms with Gasteiger partial charge in [-0.15, -0.1) is 0 Å². The van der Waals surface area contributed by atoms with Gasteiger partial charge in [-0.1, -0.05) is 29.8 Å². The fraction of sp³-hybridized carbons (Fsp3) is 0.217. The first kappa shape index (κ1) is 22.8. The molecular weight excluding hydrogens is 432 g/mol. The fourth-order valence-electron chi connectivity index (χ4n) is 2.82. The molecule has 0 spiro atoms. The molecule has 1 heterocycles. The highest BCUT2D eigenvalue weighted by Crippen LogP contribution is 2.21. The molecule has 0 saturated carbocycles. The second kappa shape index (κ2) is 11.0. The summed E-state index contributed by atoms with van der Waals surface area (Å²) >= 11 is 5.98. The minimum absolute atomic E-state index is 0.102. The Morgan fingerprint density at radius 3 is 2.72 bits per heavy atom. The van der Waals surface area contributed by atoms with Crippen molar-refractivity contribution in [2.45, 2.75) is 19.8 Å². The van der Waals surface area contributed by atoms with Gasteiger partial charge in [-0.05, 0) is 49.2 Å². The second-order valence-electron chi connectivity index (χ2n) is 6.84. The lowest BCUT2D eigenvalue weighted by Crippen LogP contribution is -2.23. The van der Waals surface area contributed by atoms with Crippen LogP contribution in [0.2, 0.25) is 5.02 Å². The standard InChI is InChI=1S/C23H21ClN4O4/c1-16-12-19(9-10-20(16)24)31-11-5-8-22(30)32-15-21(29)27-23-17(13-25)14-26-28(23)18-6-3-2-4-7-18/h2-4,6-7,9-10,12,14H,5,8,11,15H2,1H3,(H,27,29). The van der Waals surface area contributed by atoms with Gasteiger partial charge < -0.3 is 14.8 Å². The van der Waals surface area contributed by atoms with Crippen molar-refractivity contribution in [2.75, 3.05) is 18.5 Å². The predicted octanol–water partition coefficient (Wildman–Crippen LogP) is 4.05. The number of hydrogen-bond donors (Lipinski definition) is 1. The van der Waals surface area contributed by atoms with Crippen molar-refractivity contribution < 1.29 is 19.1 Å². The molecule has 3 aromatic rings. The van der Waals surface area contributed by atoms with Gasteiger partial charge in [0.2, 0.25) is 0 Å². The third kappa shape index (κ3) is 6.09. The summed E-state index contributed by atoms with van der Waals surface area (Å²) in [6.45, 7) is 1.73. The zero-order valence-corrected chi connectivity index (χ0v) is 18.1. The average molecular weight is 453 g/mol. The quantitative estimate of drug-likeness (QED) is 0.388. The van der Waals surface area contributed by atoms with E-state index in [9.17, 15) is 14.9 Å². The number of amides is 1. The maximum Gasteiger partial charge on any atom is 0.306 e. The van der Waals surface area contributed by atoms with Crippen LogP contribution in [-0.2, 0) is 14.3 Å². The Morgan fingerprint density at radius 2 is 2.00 bits per heavy atom. The first-order valence-electron chi connectivity index (χ1n) is 9.86. The highest BCUT2D eigenvalue weighted by atomic mass is 35.5. The molecule has 9 heteroatoms. The van der Waals surface area contributed by atoms with Gasteiger partial charge >= 0.3 is 5.97 Å². The average Bonchev–Trinajstić information content (AvgIpc) is 3.20. The van der Waals surface area contributed by atoms with Crippen LogP contribution in [0.25, 0.3) is 5.69 Å². The van der Waals surface area contributed by atoms with Crippen LogP contribution in [0.4, 0.5) is 5.82 Å². The van der Waals surface area contributed by atoms with Gasteiger partial charge in [0.25, 0.3) is 5.91 Å². The molecule has 0 aliphatic heterocycles. The molecule has 0 unspecified atom stereocenters. The summed E-state index contributed by atoms with van der Waals surface area (Å²) in [5.74, 6) is -0.206. The van der Waals surface area contributed by atoms with E-state index < -0.39 is 18.5 Å². The predicted molar refractivity (Wildman–Crippen MR) is 119 cm³/mol. The minimum atomic E-state index is -0.569. The minimum Gasteiger partial charge on any atom is -0.494 e. The summed E-state index contributed by atoms with van der Waals surface area (Å²) in [7, 11) is 0. The number of esters is 1. The van der Waals surface area contributed by atoms with Crippen LogP contribution >= 0.6 is 11.6 Å². The summed E-state index contributed by atoms with van der Waals surface area (Å²) in [5, 5.41) is 16.7. The van der Waals surface area contributed by atoms with Crippen molar-refractivity contribution in [3.63, 3.8) is 0 Å². The highest BCUT2D eigenvalue weighted by molar-refractivity contribution is 6.31. The first-order valence-corrected chi connectivity index (χ1v) is 10.2. The summed E-state index contributed by atoms with van der Waals surface area (Å²) in [5.41, 5.74) is 1.78. The SMILES string of the molecule is Cc1cc(OCCCC(=O)OCC(=O)Nc2c(C#N)cnn2-c2ccccc2)ccc1Cl. The van der Waals surface area contributed by atoms with E-state index in [1.807, 2.05) is 37.3 Å². The number of ether oxygens (including phenoxy) is 2. The molecule has 32 heavy (non-hydrogen) atoms. The summed E-state index contributed by atoms with van der Waals surface area (Å²) in [6, 6.07) is 16.4. The summed E-state index contributed by atoms with van der Waals surface area (Å²) < 4.78 is 12.0. The molecule has 0 bridgehead atoms. The van der Waals surface area contributed by atoms with Crippen LogP contribution in [0.1, 0.15) is 24.0 Å². The molecule has 3 rings (SSSR count). The van der Waals surface area contributed by atoms with E-state index in [0.717, 1.165) is 5.56 Å². The molecule has 0 aliphatic rings. The van der Waals surface area contributed by atoms with Crippen molar-refractivity contribution >= 4 is 29.3 Å².